The molecule has 0 bridgehead atoms. The average molecular weight is 283 g/mol. The van der Waals surface area contributed by atoms with Crippen molar-refractivity contribution in [2.75, 3.05) is 0 Å². The van der Waals surface area contributed by atoms with Gasteiger partial charge in [-0.25, -0.2) is 4.68 Å². The van der Waals surface area contributed by atoms with Crippen molar-refractivity contribution in [2.45, 2.75) is 45.9 Å². The first-order valence-electron chi connectivity index (χ1n) is 6.67. The number of rotatable bonds is 7. The second-order valence-corrected chi connectivity index (χ2v) is 4.69. The first kappa shape index (κ1) is 14.6. The molecule has 5 nitrogen and oxygen atoms in total. The van der Waals surface area contributed by atoms with Gasteiger partial charge in [-0.05, 0) is 25.5 Å². The van der Waals surface area contributed by atoms with E-state index in [0.717, 1.165) is 12.1 Å². The SMILES string of the molecule is CCC(C)n1nccc1CNCc1ccn(C(F)F)n1. The van der Waals surface area contributed by atoms with Gasteiger partial charge in [-0.2, -0.15) is 19.0 Å². The zero-order chi connectivity index (χ0) is 14.5. The van der Waals surface area contributed by atoms with Crippen molar-refractivity contribution >= 4 is 0 Å². The van der Waals surface area contributed by atoms with Crippen molar-refractivity contribution in [1.29, 1.82) is 0 Å². The van der Waals surface area contributed by atoms with Crippen molar-refractivity contribution < 1.29 is 8.78 Å². The van der Waals surface area contributed by atoms with Gasteiger partial charge in [0.1, 0.15) is 0 Å². The van der Waals surface area contributed by atoms with Gasteiger partial charge >= 0.3 is 6.55 Å². The summed E-state index contributed by atoms with van der Waals surface area (Å²) in [7, 11) is 0. The predicted molar refractivity (Wildman–Crippen MR) is 71.3 cm³/mol. The fourth-order valence-corrected chi connectivity index (χ4v) is 1.95. The molecule has 0 saturated carbocycles. The van der Waals surface area contributed by atoms with Gasteiger partial charge in [0.2, 0.25) is 0 Å². The Labute approximate surface area is 116 Å². The lowest BCUT2D eigenvalue weighted by Gasteiger charge is -2.13. The van der Waals surface area contributed by atoms with Crippen molar-refractivity contribution in [3.63, 3.8) is 0 Å². The molecule has 1 N–H and O–H groups in total. The number of alkyl halides is 2. The van der Waals surface area contributed by atoms with Gasteiger partial charge in [-0.15, -0.1) is 0 Å². The number of hydrogen-bond acceptors (Lipinski definition) is 3. The number of nitrogens with one attached hydrogen (secondary N) is 1. The van der Waals surface area contributed by atoms with E-state index in [4.69, 9.17) is 0 Å². The highest BCUT2D eigenvalue weighted by Crippen LogP contribution is 2.12. The fraction of sp³-hybridized carbons (Fsp3) is 0.538. The Kier molecular flexibility index (Phi) is 4.84. The molecule has 0 saturated heterocycles. The Morgan fingerprint density at radius 3 is 2.75 bits per heavy atom. The molecule has 0 aromatic carbocycles. The molecule has 0 amide bonds. The molecular weight excluding hydrogens is 264 g/mol. The number of nitrogens with zero attached hydrogens (tertiary/aromatic N) is 4. The molecule has 0 fully saturated rings. The molecule has 0 spiro atoms. The molecule has 7 heteroatoms. The summed E-state index contributed by atoms with van der Waals surface area (Å²) in [5, 5.41) is 11.3. The quantitative estimate of drug-likeness (QED) is 0.850. The van der Waals surface area contributed by atoms with E-state index in [2.05, 4.69) is 29.4 Å². The fourth-order valence-electron chi connectivity index (χ4n) is 1.95. The van der Waals surface area contributed by atoms with E-state index in [0.29, 0.717) is 29.5 Å². The van der Waals surface area contributed by atoms with Crippen LogP contribution < -0.4 is 5.32 Å². The van der Waals surface area contributed by atoms with Crippen molar-refractivity contribution in [3.05, 3.63) is 35.9 Å². The van der Waals surface area contributed by atoms with Crippen LogP contribution >= 0.6 is 0 Å². The van der Waals surface area contributed by atoms with E-state index in [-0.39, 0.29) is 0 Å². The van der Waals surface area contributed by atoms with E-state index in [1.54, 1.807) is 12.3 Å². The van der Waals surface area contributed by atoms with Gasteiger partial charge in [-0.3, -0.25) is 4.68 Å². The summed E-state index contributed by atoms with van der Waals surface area (Å²) < 4.78 is 27.4. The van der Waals surface area contributed by atoms with Crippen molar-refractivity contribution in [1.82, 2.24) is 24.9 Å². The lowest BCUT2D eigenvalue weighted by Crippen LogP contribution is -2.18. The lowest BCUT2D eigenvalue weighted by molar-refractivity contribution is 0.0561. The van der Waals surface area contributed by atoms with E-state index in [9.17, 15) is 8.78 Å². The third-order valence-electron chi connectivity index (χ3n) is 3.24. The van der Waals surface area contributed by atoms with Crippen LogP contribution in [0.1, 0.15) is 44.2 Å². The number of aromatic nitrogens is 4. The van der Waals surface area contributed by atoms with Crippen molar-refractivity contribution in [2.24, 2.45) is 0 Å². The van der Waals surface area contributed by atoms with Crippen LogP contribution in [0.4, 0.5) is 8.78 Å². The third-order valence-corrected chi connectivity index (χ3v) is 3.24. The maximum atomic E-state index is 12.4. The average Bonchev–Trinajstić information content (AvgIpc) is 3.07. The van der Waals surface area contributed by atoms with Gasteiger partial charge < -0.3 is 5.32 Å². The molecule has 1 unspecified atom stereocenters. The van der Waals surface area contributed by atoms with Crippen LogP contribution in [0.25, 0.3) is 0 Å². The van der Waals surface area contributed by atoms with Crippen molar-refractivity contribution in [3.8, 4) is 0 Å². The first-order chi connectivity index (χ1) is 9.61. The Balaban J connectivity index is 1.88. The zero-order valence-corrected chi connectivity index (χ0v) is 11.6. The largest absolute Gasteiger partial charge is 0.333 e. The van der Waals surface area contributed by atoms with Crippen LogP contribution in [0.2, 0.25) is 0 Å². The molecule has 2 heterocycles. The monoisotopic (exact) mass is 283 g/mol. The van der Waals surface area contributed by atoms with Crippen LogP contribution in [-0.4, -0.2) is 19.6 Å². The highest BCUT2D eigenvalue weighted by Gasteiger charge is 2.09. The van der Waals surface area contributed by atoms with E-state index < -0.39 is 6.55 Å². The van der Waals surface area contributed by atoms with E-state index in [1.807, 2.05) is 10.7 Å². The summed E-state index contributed by atoms with van der Waals surface area (Å²) in [5.74, 6) is 0. The smallest absolute Gasteiger partial charge is 0.305 e. The Bertz CT molecular complexity index is 534. The molecule has 2 aromatic rings. The van der Waals surface area contributed by atoms with Crippen LogP contribution in [0.15, 0.2) is 24.5 Å². The Hall–Kier alpha value is -1.76. The number of hydrogen-bond donors (Lipinski definition) is 1. The molecule has 0 aliphatic heterocycles. The predicted octanol–water partition coefficient (Wildman–Crippen LogP) is 2.74. The summed E-state index contributed by atoms with van der Waals surface area (Å²) in [6.45, 7) is 2.72. The summed E-state index contributed by atoms with van der Waals surface area (Å²) in [6.07, 6.45) is 4.06. The highest BCUT2D eigenvalue weighted by atomic mass is 19.3. The molecular formula is C13H19F2N5. The van der Waals surface area contributed by atoms with Gasteiger partial charge in [0.15, 0.2) is 0 Å². The minimum Gasteiger partial charge on any atom is -0.305 e. The van der Waals surface area contributed by atoms with E-state index in [1.165, 1.54) is 6.20 Å². The normalized spacial score (nSPS) is 13.1. The molecule has 0 radical (unpaired) electrons. The molecule has 0 aliphatic carbocycles. The minimum absolute atomic E-state index is 0.347. The van der Waals surface area contributed by atoms with Gasteiger partial charge in [0, 0.05) is 31.5 Å². The van der Waals surface area contributed by atoms with Crippen LogP contribution in [-0.2, 0) is 13.1 Å². The highest BCUT2D eigenvalue weighted by molar-refractivity contribution is 5.03. The molecule has 1 atom stereocenters. The molecule has 2 rings (SSSR count). The number of halogens is 2. The first-order valence-corrected chi connectivity index (χ1v) is 6.67. The van der Waals surface area contributed by atoms with Gasteiger partial charge in [0.25, 0.3) is 0 Å². The third kappa shape index (κ3) is 3.41. The maximum Gasteiger partial charge on any atom is 0.333 e. The minimum atomic E-state index is -2.59. The Morgan fingerprint density at radius 1 is 1.30 bits per heavy atom. The lowest BCUT2D eigenvalue weighted by atomic mass is 10.2. The summed E-state index contributed by atoms with van der Waals surface area (Å²) >= 11 is 0. The molecule has 20 heavy (non-hydrogen) atoms. The Morgan fingerprint density at radius 2 is 2.10 bits per heavy atom. The topological polar surface area (TPSA) is 47.7 Å². The van der Waals surface area contributed by atoms with Crippen LogP contribution in [0.3, 0.4) is 0 Å². The summed E-state index contributed by atoms with van der Waals surface area (Å²) in [5.41, 5.74) is 1.67. The van der Waals surface area contributed by atoms with Gasteiger partial charge in [-0.1, -0.05) is 6.92 Å². The zero-order valence-electron chi connectivity index (χ0n) is 11.6. The van der Waals surface area contributed by atoms with Gasteiger partial charge in [0.05, 0.1) is 11.4 Å². The summed E-state index contributed by atoms with van der Waals surface area (Å²) in [6, 6.07) is 3.89. The molecule has 2 aromatic heterocycles. The molecule has 0 aliphatic rings. The van der Waals surface area contributed by atoms with Crippen LogP contribution in [0.5, 0.6) is 0 Å². The summed E-state index contributed by atoms with van der Waals surface area (Å²) in [4.78, 5) is 0. The second-order valence-electron chi connectivity index (χ2n) is 4.69. The maximum absolute atomic E-state index is 12.4. The molecule has 110 valence electrons. The van der Waals surface area contributed by atoms with E-state index >= 15 is 0 Å². The second kappa shape index (κ2) is 6.60. The van der Waals surface area contributed by atoms with Crippen LogP contribution in [0, 0.1) is 0 Å². The standard InChI is InChI=1S/C13H19F2N5/c1-3-10(2)20-12(4-6-17-20)9-16-8-11-5-7-19(18-11)13(14)15/h4-7,10,13,16H,3,8-9H2,1-2H3.